The van der Waals surface area contributed by atoms with Gasteiger partial charge in [0.2, 0.25) is 10.0 Å². The third-order valence-electron chi connectivity index (χ3n) is 4.75. The minimum Gasteiger partial charge on any atom is -0.457 e. The SMILES string of the molecule is C/C(=N/NC(=O)[C@@H](C)N(c1ccc(Oc2ccccc2)cc1)S(C)(=O)=O)c1ccc(I)cc1. The molecule has 0 aliphatic carbocycles. The van der Waals surface area contributed by atoms with E-state index >= 15 is 0 Å². The van der Waals surface area contributed by atoms with Gasteiger partial charge < -0.3 is 4.74 Å². The number of amides is 1. The van der Waals surface area contributed by atoms with Crippen molar-refractivity contribution in [2.75, 3.05) is 10.6 Å². The van der Waals surface area contributed by atoms with Crippen LogP contribution in [0.25, 0.3) is 0 Å². The normalized spacial score (nSPS) is 12.7. The number of hydrazone groups is 1. The molecular formula is C24H24IN3O4S. The van der Waals surface area contributed by atoms with Crippen molar-refractivity contribution in [2.45, 2.75) is 19.9 Å². The summed E-state index contributed by atoms with van der Waals surface area (Å²) in [5.74, 6) is 0.669. The van der Waals surface area contributed by atoms with Gasteiger partial charge in [-0.25, -0.2) is 13.8 Å². The standard InChI is InChI=1S/C24H24IN3O4S/c1-17(19-9-11-20(25)12-10-19)26-27-24(29)18(2)28(33(3,30)31)21-13-15-23(16-14-21)32-22-7-5-4-6-8-22/h4-16,18H,1-3H3,(H,27,29)/b26-17-/t18-/m1/s1. The molecule has 0 radical (unpaired) electrons. The fourth-order valence-corrected chi connectivity index (χ4v) is 4.62. The lowest BCUT2D eigenvalue weighted by Gasteiger charge is -2.27. The van der Waals surface area contributed by atoms with Gasteiger partial charge in [-0.3, -0.25) is 9.10 Å². The van der Waals surface area contributed by atoms with Crippen molar-refractivity contribution >= 4 is 49.9 Å². The number of nitrogens with zero attached hydrogens (tertiary/aromatic N) is 2. The van der Waals surface area contributed by atoms with Crippen LogP contribution in [-0.2, 0) is 14.8 Å². The third kappa shape index (κ3) is 6.78. The second-order valence-corrected chi connectivity index (χ2v) is 10.4. The second-order valence-electron chi connectivity index (χ2n) is 7.32. The molecule has 9 heteroatoms. The van der Waals surface area contributed by atoms with E-state index in [2.05, 4.69) is 33.1 Å². The van der Waals surface area contributed by atoms with Gasteiger partial charge in [-0.1, -0.05) is 30.3 Å². The van der Waals surface area contributed by atoms with Gasteiger partial charge in [-0.2, -0.15) is 5.10 Å². The number of carbonyl (C=O) groups is 1. The first-order chi connectivity index (χ1) is 15.6. The number of carbonyl (C=O) groups excluding carboxylic acids is 1. The minimum atomic E-state index is -3.75. The Kier molecular flexibility index (Phi) is 8.09. The van der Waals surface area contributed by atoms with Gasteiger partial charge in [0.05, 0.1) is 17.7 Å². The highest BCUT2D eigenvalue weighted by molar-refractivity contribution is 14.1. The zero-order chi connectivity index (χ0) is 24.0. The van der Waals surface area contributed by atoms with Gasteiger partial charge in [-0.15, -0.1) is 0 Å². The summed E-state index contributed by atoms with van der Waals surface area (Å²) in [4.78, 5) is 12.8. The number of hydrogen-bond donors (Lipinski definition) is 1. The number of ether oxygens (including phenoxy) is 1. The number of para-hydroxylation sites is 1. The number of hydrogen-bond acceptors (Lipinski definition) is 5. The van der Waals surface area contributed by atoms with Crippen molar-refractivity contribution in [3.8, 4) is 11.5 Å². The van der Waals surface area contributed by atoms with Crippen LogP contribution >= 0.6 is 22.6 Å². The number of benzene rings is 3. The smallest absolute Gasteiger partial charge is 0.263 e. The Morgan fingerprint density at radius 2 is 1.55 bits per heavy atom. The third-order valence-corrected chi connectivity index (χ3v) is 6.72. The van der Waals surface area contributed by atoms with Crippen molar-refractivity contribution in [3.05, 3.63) is 88.0 Å². The molecule has 0 bridgehead atoms. The van der Waals surface area contributed by atoms with Crippen LogP contribution in [0.3, 0.4) is 0 Å². The molecule has 0 aliphatic heterocycles. The monoisotopic (exact) mass is 577 g/mol. The summed E-state index contributed by atoms with van der Waals surface area (Å²) in [5.41, 5.74) is 4.29. The van der Waals surface area contributed by atoms with Crippen LogP contribution < -0.4 is 14.5 Å². The van der Waals surface area contributed by atoms with Crippen molar-refractivity contribution < 1.29 is 17.9 Å². The fourth-order valence-electron chi connectivity index (χ4n) is 3.08. The molecule has 0 aliphatic rings. The van der Waals surface area contributed by atoms with Gasteiger partial charge in [-0.05, 0) is 90.5 Å². The molecule has 1 atom stereocenters. The topological polar surface area (TPSA) is 88.1 Å². The molecule has 0 spiro atoms. The molecule has 3 aromatic carbocycles. The Balaban J connectivity index is 1.75. The lowest BCUT2D eigenvalue weighted by atomic mass is 10.1. The fraction of sp³-hybridized carbons (Fsp3) is 0.167. The maximum absolute atomic E-state index is 12.8. The van der Waals surface area contributed by atoms with Crippen molar-refractivity contribution in [1.82, 2.24) is 5.43 Å². The first-order valence-electron chi connectivity index (χ1n) is 10.1. The van der Waals surface area contributed by atoms with Crippen LogP contribution in [0.15, 0.2) is 84.0 Å². The molecule has 1 N–H and O–H groups in total. The molecule has 0 unspecified atom stereocenters. The van der Waals surface area contributed by atoms with Crippen molar-refractivity contribution in [1.29, 1.82) is 0 Å². The van der Waals surface area contributed by atoms with Crippen LogP contribution in [0.1, 0.15) is 19.4 Å². The number of halogens is 1. The second kappa shape index (κ2) is 10.8. The van der Waals surface area contributed by atoms with Crippen molar-refractivity contribution in [2.24, 2.45) is 5.10 Å². The molecule has 172 valence electrons. The van der Waals surface area contributed by atoms with Gasteiger partial charge in [0.1, 0.15) is 17.5 Å². The molecule has 0 heterocycles. The van der Waals surface area contributed by atoms with E-state index in [0.29, 0.717) is 22.9 Å². The van der Waals surface area contributed by atoms with Gasteiger partial charge in [0.25, 0.3) is 5.91 Å². The molecule has 0 fully saturated rings. The van der Waals surface area contributed by atoms with E-state index in [-0.39, 0.29) is 0 Å². The molecule has 3 rings (SSSR count). The summed E-state index contributed by atoms with van der Waals surface area (Å²) < 4.78 is 33.0. The molecule has 0 saturated carbocycles. The molecule has 33 heavy (non-hydrogen) atoms. The lowest BCUT2D eigenvalue weighted by Crippen LogP contribution is -2.46. The molecule has 0 aromatic heterocycles. The highest BCUT2D eigenvalue weighted by atomic mass is 127. The maximum atomic E-state index is 12.8. The van der Waals surface area contributed by atoms with Crippen molar-refractivity contribution in [3.63, 3.8) is 0 Å². The summed E-state index contributed by atoms with van der Waals surface area (Å²) >= 11 is 2.21. The summed E-state index contributed by atoms with van der Waals surface area (Å²) in [7, 11) is -3.75. The largest absolute Gasteiger partial charge is 0.457 e. The van der Waals surface area contributed by atoms with Crippen LogP contribution in [-0.4, -0.2) is 32.3 Å². The molecule has 1 amide bonds. The Morgan fingerprint density at radius 1 is 0.970 bits per heavy atom. The van der Waals surface area contributed by atoms with Gasteiger partial charge in [0.15, 0.2) is 0 Å². The van der Waals surface area contributed by atoms with Crippen LogP contribution in [0.5, 0.6) is 11.5 Å². The van der Waals surface area contributed by atoms with Crippen LogP contribution in [0, 0.1) is 3.57 Å². The van der Waals surface area contributed by atoms with Gasteiger partial charge >= 0.3 is 0 Å². The summed E-state index contributed by atoms with van der Waals surface area (Å²) in [6, 6.07) is 22.4. The first kappa shape index (κ1) is 24.7. The highest BCUT2D eigenvalue weighted by Crippen LogP contribution is 2.27. The van der Waals surface area contributed by atoms with E-state index in [9.17, 15) is 13.2 Å². The van der Waals surface area contributed by atoms with Crippen LogP contribution in [0.4, 0.5) is 5.69 Å². The molecule has 3 aromatic rings. The lowest BCUT2D eigenvalue weighted by molar-refractivity contribution is -0.121. The summed E-state index contributed by atoms with van der Waals surface area (Å²) in [6.45, 7) is 3.29. The predicted octanol–water partition coefficient (Wildman–Crippen LogP) is 4.78. The average molecular weight is 577 g/mol. The number of rotatable bonds is 8. The summed E-state index contributed by atoms with van der Waals surface area (Å²) in [5, 5.41) is 4.14. The van der Waals surface area contributed by atoms with E-state index in [1.54, 1.807) is 31.2 Å². The molecular weight excluding hydrogens is 553 g/mol. The Bertz CT molecular complexity index is 1230. The predicted molar refractivity (Wildman–Crippen MR) is 139 cm³/mol. The van der Waals surface area contributed by atoms with E-state index in [1.807, 2.05) is 54.6 Å². The Morgan fingerprint density at radius 3 is 2.12 bits per heavy atom. The first-order valence-corrected chi connectivity index (χ1v) is 13.0. The van der Waals surface area contributed by atoms with Crippen LogP contribution in [0.2, 0.25) is 0 Å². The molecule has 0 saturated heterocycles. The van der Waals surface area contributed by atoms with E-state index in [0.717, 1.165) is 19.7 Å². The number of nitrogens with one attached hydrogen (secondary N) is 1. The van der Waals surface area contributed by atoms with E-state index in [4.69, 9.17) is 4.74 Å². The van der Waals surface area contributed by atoms with E-state index in [1.165, 1.54) is 6.92 Å². The Hall–Kier alpha value is -2.92. The zero-order valence-electron chi connectivity index (χ0n) is 18.4. The highest BCUT2D eigenvalue weighted by Gasteiger charge is 2.29. The number of anilines is 1. The quantitative estimate of drug-likeness (QED) is 0.237. The Labute approximate surface area is 207 Å². The van der Waals surface area contributed by atoms with Gasteiger partial charge in [0, 0.05) is 3.57 Å². The number of sulfonamides is 1. The summed E-state index contributed by atoms with van der Waals surface area (Å²) in [6.07, 6.45) is 1.06. The molecule has 7 nitrogen and oxygen atoms in total. The average Bonchev–Trinajstić information content (AvgIpc) is 2.78. The zero-order valence-corrected chi connectivity index (χ0v) is 21.4. The maximum Gasteiger partial charge on any atom is 0.263 e. The minimum absolute atomic E-state index is 0.346. The van der Waals surface area contributed by atoms with E-state index < -0.39 is 22.0 Å².